The number of amides is 3. The molecule has 1 aromatic carbocycles. The molecule has 9 nitrogen and oxygen atoms in total. The molecule has 2 saturated heterocycles. The fraction of sp³-hybridized carbons (Fsp3) is 0.571. The SMILES string of the molecule is CCOCCN1C(N2CCN(Cc3ccc(Br)cc3)CC2)=NC2C1C(=O)NC(=O)N2C. The molecule has 1 aromatic rings. The number of halogens is 1. The molecule has 168 valence electrons. The number of urea groups is 1. The van der Waals surface area contributed by atoms with E-state index in [0.717, 1.165) is 43.2 Å². The van der Waals surface area contributed by atoms with Crippen LogP contribution in [0.3, 0.4) is 0 Å². The number of rotatable bonds is 6. The number of benzene rings is 1. The molecule has 3 heterocycles. The van der Waals surface area contributed by atoms with Crippen molar-refractivity contribution in [1.29, 1.82) is 0 Å². The highest BCUT2D eigenvalue weighted by Crippen LogP contribution is 2.26. The molecule has 2 fully saturated rings. The molecule has 3 aliphatic rings. The Morgan fingerprint density at radius 3 is 2.55 bits per heavy atom. The highest BCUT2D eigenvalue weighted by Gasteiger charge is 2.49. The average molecular weight is 493 g/mol. The monoisotopic (exact) mass is 492 g/mol. The summed E-state index contributed by atoms with van der Waals surface area (Å²) in [4.78, 5) is 37.7. The fourth-order valence-corrected chi connectivity index (χ4v) is 4.54. The van der Waals surface area contributed by atoms with Crippen LogP contribution in [0.25, 0.3) is 0 Å². The molecule has 4 rings (SSSR count). The molecule has 0 spiro atoms. The Labute approximate surface area is 191 Å². The van der Waals surface area contributed by atoms with Gasteiger partial charge in [0.1, 0.15) is 0 Å². The van der Waals surface area contributed by atoms with Crippen LogP contribution in [0.15, 0.2) is 33.7 Å². The summed E-state index contributed by atoms with van der Waals surface area (Å²) in [6.07, 6.45) is -0.501. The molecular formula is C21H29BrN6O3. The normalized spacial score (nSPS) is 24.4. The second kappa shape index (κ2) is 9.54. The van der Waals surface area contributed by atoms with Crippen molar-refractivity contribution in [3.8, 4) is 0 Å². The van der Waals surface area contributed by atoms with Gasteiger partial charge in [-0.05, 0) is 24.6 Å². The zero-order chi connectivity index (χ0) is 22.0. The third-order valence-electron chi connectivity index (χ3n) is 5.99. The number of likely N-dealkylation sites (N-methyl/N-ethyl adjacent to an activating group) is 1. The van der Waals surface area contributed by atoms with Crippen molar-refractivity contribution < 1.29 is 14.3 Å². The third kappa shape index (κ3) is 4.70. The number of guanidine groups is 1. The summed E-state index contributed by atoms with van der Waals surface area (Å²) in [5.74, 6) is 0.493. The standard InChI is InChI=1S/C21H29BrN6O3/c1-3-31-13-12-28-17-18(25(2)21(30)24-19(17)29)23-20(28)27-10-8-26(9-11-27)14-15-4-6-16(22)7-5-15/h4-7,17-18H,3,8-14H2,1-2H3,(H,24,29,30). The number of aliphatic imine (C=N–C) groups is 1. The number of nitrogens with one attached hydrogen (secondary N) is 1. The molecule has 0 saturated carbocycles. The van der Waals surface area contributed by atoms with Crippen molar-refractivity contribution in [2.45, 2.75) is 25.7 Å². The number of nitrogens with zero attached hydrogens (tertiary/aromatic N) is 5. The lowest BCUT2D eigenvalue weighted by Gasteiger charge is -2.40. The smallest absolute Gasteiger partial charge is 0.325 e. The van der Waals surface area contributed by atoms with E-state index in [2.05, 4.69) is 55.3 Å². The molecule has 0 radical (unpaired) electrons. The van der Waals surface area contributed by atoms with E-state index >= 15 is 0 Å². The number of hydrogen-bond acceptors (Lipinski definition) is 7. The van der Waals surface area contributed by atoms with Crippen LogP contribution < -0.4 is 5.32 Å². The number of carbonyl (C=O) groups is 2. The Morgan fingerprint density at radius 2 is 1.87 bits per heavy atom. The maximum atomic E-state index is 12.6. The van der Waals surface area contributed by atoms with Crippen molar-refractivity contribution in [2.75, 3.05) is 53.0 Å². The van der Waals surface area contributed by atoms with Gasteiger partial charge >= 0.3 is 6.03 Å². The Kier molecular flexibility index (Phi) is 6.78. The fourth-order valence-electron chi connectivity index (χ4n) is 4.28. The van der Waals surface area contributed by atoms with Gasteiger partial charge in [-0.1, -0.05) is 28.1 Å². The maximum Gasteiger partial charge on any atom is 0.325 e. The molecule has 0 bridgehead atoms. The van der Waals surface area contributed by atoms with Gasteiger partial charge in [0.25, 0.3) is 5.91 Å². The molecule has 10 heteroatoms. The van der Waals surface area contributed by atoms with Gasteiger partial charge in [-0.3, -0.25) is 15.0 Å². The van der Waals surface area contributed by atoms with Gasteiger partial charge in [-0.25, -0.2) is 9.79 Å². The lowest BCUT2D eigenvalue weighted by Crippen LogP contribution is -2.65. The molecule has 31 heavy (non-hydrogen) atoms. The van der Waals surface area contributed by atoms with E-state index in [1.807, 2.05) is 11.8 Å². The predicted molar refractivity (Wildman–Crippen MR) is 121 cm³/mol. The van der Waals surface area contributed by atoms with E-state index < -0.39 is 18.2 Å². The van der Waals surface area contributed by atoms with E-state index in [0.29, 0.717) is 19.8 Å². The summed E-state index contributed by atoms with van der Waals surface area (Å²) < 4.78 is 6.63. The molecule has 0 aliphatic carbocycles. The second-order valence-electron chi connectivity index (χ2n) is 7.97. The number of fused-ring (bicyclic) bond motifs is 1. The molecule has 1 N–H and O–H groups in total. The number of imide groups is 1. The van der Waals surface area contributed by atoms with Crippen LogP contribution >= 0.6 is 15.9 Å². The van der Waals surface area contributed by atoms with Crippen LogP contribution in [0, 0.1) is 0 Å². The lowest BCUT2D eigenvalue weighted by molar-refractivity contribution is -0.127. The Hall–Kier alpha value is -2.17. The predicted octanol–water partition coefficient (Wildman–Crippen LogP) is 1.15. The minimum absolute atomic E-state index is 0.294. The Bertz CT molecular complexity index is 840. The largest absolute Gasteiger partial charge is 0.380 e. The molecule has 2 unspecified atom stereocenters. The minimum Gasteiger partial charge on any atom is -0.380 e. The molecule has 2 atom stereocenters. The summed E-state index contributed by atoms with van der Waals surface area (Å²) in [5, 5.41) is 2.44. The maximum absolute atomic E-state index is 12.6. The van der Waals surface area contributed by atoms with Crippen molar-refractivity contribution in [1.82, 2.24) is 24.9 Å². The number of carbonyl (C=O) groups excluding carboxylic acids is 2. The summed E-state index contributed by atoms with van der Waals surface area (Å²) in [5.41, 5.74) is 1.29. The van der Waals surface area contributed by atoms with E-state index in [-0.39, 0.29) is 5.91 Å². The molecule has 3 aliphatic heterocycles. The number of ether oxygens (including phenoxy) is 1. The zero-order valence-electron chi connectivity index (χ0n) is 18.0. The average Bonchev–Trinajstić information content (AvgIpc) is 3.15. The van der Waals surface area contributed by atoms with Gasteiger partial charge in [-0.15, -0.1) is 0 Å². The van der Waals surface area contributed by atoms with Gasteiger partial charge in [-0.2, -0.15) is 0 Å². The second-order valence-corrected chi connectivity index (χ2v) is 8.89. The van der Waals surface area contributed by atoms with E-state index in [4.69, 9.17) is 9.73 Å². The van der Waals surface area contributed by atoms with Crippen molar-refractivity contribution >= 4 is 33.8 Å². The quantitative estimate of drug-likeness (QED) is 0.600. The first-order valence-electron chi connectivity index (χ1n) is 10.7. The summed E-state index contributed by atoms with van der Waals surface area (Å²) in [6, 6.07) is 7.50. The van der Waals surface area contributed by atoms with Crippen molar-refractivity contribution in [3.63, 3.8) is 0 Å². The third-order valence-corrected chi connectivity index (χ3v) is 6.52. The van der Waals surface area contributed by atoms with Crippen LogP contribution in [0.4, 0.5) is 4.79 Å². The van der Waals surface area contributed by atoms with Crippen LogP contribution in [0.1, 0.15) is 12.5 Å². The topological polar surface area (TPSA) is 80.7 Å². The summed E-state index contributed by atoms with van der Waals surface area (Å²) >= 11 is 3.48. The lowest BCUT2D eigenvalue weighted by atomic mass is 10.1. The summed E-state index contributed by atoms with van der Waals surface area (Å²) in [7, 11) is 1.68. The van der Waals surface area contributed by atoms with Crippen LogP contribution in [-0.2, 0) is 16.1 Å². The molecule has 0 aromatic heterocycles. The number of hydrogen-bond donors (Lipinski definition) is 1. The Balaban J connectivity index is 1.44. The van der Waals surface area contributed by atoms with Gasteiger partial charge in [0.05, 0.1) is 6.61 Å². The first kappa shape index (κ1) is 22.0. The van der Waals surface area contributed by atoms with Crippen molar-refractivity contribution in [2.24, 2.45) is 4.99 Å². The van der Waals surface area contributed by atoms with Crippen LogP contribution in [0.2, 0.25) is 0 Å². The van der Waals surface area contributed by atoms with Gasteiger partial charge in [0.2, 0.25) is 0 Å². The highest BCUT2D eigenvalue weighted by atomic mass is 79.9. The first-order chi connectivity index (χ1) is 15.0. The number of piperazine rings is 1. The van der Waals surface area contributed by atoms with E-state index in [9.17, 15) is 9.59 Å². The van der Waals surface area contributed by atoms with Crippen LogP contribution in [0.5, 0.6) is 0 Å². The van der Waals surface area contributed by atoms with E-state index in [1.165, 1.54) is 10.5 Å². The van der Waals surface area contributed by atoms with Gasteiger partial charge < -0.3 is 19.4 Å². The highest BCUT2D eigenvalue weighted by molar-refractivity contribution is 9.10. The van der Waals surface area contributed by atoms with Gasteiger partial charge in [0, 0.05) is 57.4 Å². The van der Waals surface area contributed by atoms with Gasteiger partial charge in [0.15, 0.2) is 18.2 Å². The zero-order valence-corrected chi connectivity index (χ0v) is 19.5. The molecular weight excluding hydrogens is 464 g/mol. The van der Waals surface area contributed by atoms with E-state index in [1.54, 1.807) is 7.05 Å². The minimum atomic E-state index is -0.515. The first-order valence-corrected chi connectivity index (χ1v) is 11.5. The molecule has 3 amide bonds. The van der Waals surface area contributed by atoms with Crippen LogP contribution in [-0.4, -0.2) is 103 Å². The van der Waals surface area contributed by atoms with Crippen molar-refractivity contribution in [3.05, 3.63) is 34.3 Å². The Morgan fingerprint density at radius 1 is 1.16 bits per heavy atom. The summed E-state index contributed by atoms with van der Waals surface area (Å²) in [6.45, 7) is 8.00.